The minimum absolute atomic E-state index is 0.306. The summed E-state index contributed by atoms with van der Waals surface area (Å²) in [7, 11) is 1.52. The van der Waals surface area contributed by atoms with Crippen LogP contribution in [0, 0.1) is 0 Å². The van der Waals surface area contributed by atoms with Crippen LogP contribution in [0.4, 0.5) is 11.5 Å². The highest BCUT2D eigenvalue weighted by Crippen LogP contribution is 2.27. The van der Waals surface area contributed by atoms with Crippen LogP contribution in [-0.2, 0) is 0 Å². The van der Waals surface area contributed by atoms with Gasteiger partial charge in [0.25, 0.3) is 5.88 Å². The lowest BCUT2D eigenvalue weighted by Gasteiger charge is -2.09. The Labute approximate surface area is 124 Å². The first-order valence-corrected chi connectivity index (χ1v) is 6.63. The molecule has 108 valence electrons. The summed E-state index contributed by atoms with van der Waals surface area (Å²) in [6.07, 6.45) is 0. The maximum atomic E-state index is 5.24. The topological polar surface area (TPSA) is 86.0 Å². The SMILES string of the molecule is COc1nc2nonc2nc1Nc1ccc2ccccc2c1. The van der Waals surface area contributed by atoms with Crippen LogP contribution in [0.5, 0.6) is 5.88 Å². The van der Waals surface area contributed by atoms with E-state index in [-0.39, 0.29) is 0 Å². The van der Waals surface area contributed by atoms with E-state index in [1.807, 2.05) is 36.4 Å². The van der Waals surface area contributed by atoms with Crippen molar-refractivity contribution in [3.63, 3.8) is 0 Å². The third kappa shape index (κ3) is 2.08. The molecule has 0 radical (unpaired) electrons. The molecule has 0 amide bonds. The van der Waals surface area contributed by atoms with Gasteiger partial charge >= 0.3 is 0 Å². The van der Waals surface area contributed by atoms with Gasteiger partial charge in [0.05, 0.1) is 7.11 Å². The summed E-state index contributed by atoms with van der Waals surface area (Å²) in [6, 6.07) is 14.2. The molecule has 4 rings (SSSR count). The van der Waals surface area contributed by atoms with E-state index < -0.39 is 0 Å². The van der Waals surface area contributed by atoms with E-state index in [0.717, 1.165) is 11.1 Å². The van der Waals surface area contributed by atoms with E-state index >= 15 is 0 Å². The van der Waals surface area contributed by atoms with Gasteiger partial charge in [0.1, 0.15) is 0 Å². The molecule has 0 saturated heterocycles. The molecule has 2 aromatic heterocycles. The highest BCUT2D eigenvalue weighted by atomic mass is 16.6. The molecule has 1 N–H and O–H groups in total. The zero-order valence-corrected chi connectivity index (χ0v) is 11.6. The summed E-state index contributed by atoms with van der Waals surface area (Å²) in [4.78, 5) is 8.51. The third-order valence-electron chi connectivity index (χ3n) is 3.29. The number of ether oxygens (including phenoxy) is 1. The van der Waals surface area contributed by atoms with Crippen LogP contribution in [0.15, 0.2) is 47.1 Å². The number of anilines is 2. The predicted molar refractivity (Wildman–Crippen MR) is 81.2 cm³/mol. The van der Waals surface area contributed by atoms with Crippen molar-refractivity contribution in [3.8, 4) is 5.88 Å². The minimum Gasteiger partial charge on any atom is -0.478 e. The number of nitrogens with one attached hydrogen (secondary N) is 1. The maximum Gasteiger partial charge on any atom is 0.259 e. The quantitative estimate of drug-likeness (QED) is 0.621. The second-order valence-corrected chi connectivity index (χ2v) is 4.68. The molecule has 0 atom stereocenters. The lowest BCUT2D eigenvalue weighted by molar-refractivity contribution is 0.313. The van der Waals surface area contributed by atoms with E-state index in [0.29, 0.717) is 23.0 Å². The van der Waals surface area contributed by atoms with Crippen molar-refractivity contribution >= 4 is 33.6 Å². The number of fused-ring (bicyclic) bond motifs is 2. The highest BCUT2D eigenvalue weighted by molar-refractivity contribution is 5.86. The standard InChI is InChI=1S/C15H11N5O2/c1-21-15-14(17-12-13(18-15)20-22-19-12)16-11-7-6-9-4-2-3-5-10(9)8-11/h2-8H,1H3,(H,16,17,19). The first-order valence-electron chi connectivity index (χ1n) is 6.63. The van der Waals surface area contributed by atoms with E-state index in [1.54, 1.807) is 0 Å². The van der Waals surface area contributed by atoms with Crippen molar-refractivity contribution in [1.29, 1.82) is 0 Å². The fourth-order valence-corrected chi connectivity index (χ4v) is 2.25. The lowest BCUT2D eigenvalue weighted by Crippen LogP contribution is -2.00. The predicted octanol–water partition coefficient (Wildman–Crippen LogP) is 2.92. The second kappa shape index (κ2) is 4.96. The molecule has 22 heavy (non-hydrogen) atoms. The Balaban J connectivity index is 1.77. The zero-order chi connectivity index (χ0) is 14.9. The summed E-state index contributed by atoms with van der Waals surface area (Å²) in [5.74, 6) is 0.789. The molecule has 2 aromatic carbocycles. The summed E-state index contributed by atoms with van der Waals surface area (Å²) in [5, 5.41) is 12.8. The van der Waals surface area contributed by atoms with Gasteiger partial charge in [-0.3, -0.25) is 0 Å². The van der Waals surface area contributed by atoms with Crippen molar-refractivity contribution in [2.75, 3.05) is 12.4 Å². The van der Waals surface area contributed by atoms with Crippen molar-refractivity contribution in [2.24, 2.45) is 0 Å². The molecule has 0 aliphatic rings. The van der Waals surface area contributed by atoms with Crippen LogP contribution in [0.2, 0.25) is 0 Å². The molecule has 2 heterocycles. The van der Waals surface area contributed by atoms with Gasteiger partial charge in [-0.2, -0.15) is 9.97 Å². The molecule has 0 spiro atoms. The van der Waals surface area contributed by atoms with E-state index in [2.05, 4.69) is 36.3 Å². The van der Waals surface area contributed by atoms with Gasteiger partial charge in [-0.05, 0) is 33.2 Å². The van der Waals surface area contributed by atoms with Crippen LogP contribution in [0.25, 0.3) is 22.1 Å². The molecular weight excluding hydrogens is 282 g/mol. The molecule has 0 bridgehead atoms. The Hall–Kier alpha value is -3.22. The van der Waals surface area contributed by atoms with Gasteiger partial charge in [0, 0.05) is 5.69 Å². The number of hydrogen-bond acceptors (Lipinski definition) is 7. The Morgan fingerprint density at radius 3 is 2.55 bits per heavy atom. The van der Waals surface area contributed by atoms with Crippen LogP contribution >= 0.6 is 0 Å². The van der Waals surface area contributed by atoms with Crippen LogP contribution < -0.4 is 10.1 Å². The number of rotatable bonds is 3. The Morgan fingerprint density at radius 1 is 0.955 bits per heavy atom. The van der Waals surface area contributed by atoms with E-state index in [1.165, 1.54) is 12.5 Å². The molecule has 0 aliphatic carbocycles. The van der Waals surface area contributed by atoms with Crippen molar-refractivity contribution in [2.45, 2.75) is 0 Å². The number of nitrogens with zero attached hydrogens (tertiary/aromatic N) is 4. The minimum atomic E-state index is 0.306. The fraction of sp³-hybridized carbons (Fsp3) is 0.0667. The van der Waals surface area contributed by atoms with Gasteiger partial charge in [-0.25, -0.2) is 4.63 Å². The van der Waals surface area contributed by atoms with Crippen molar-refractivity contribution < 1.29 is 9.37 Å². The average Bonchev–Trinajstić information content (AvgIpc) is 3.01. The molecule has 7 heteroatoms. The first kappa shape index (κ1) is 12.5. The molecule has 0 unspecified atom stereocenters. The average molecular weight is 293 g/mol. The number of benzene rings is 2. The molecule has 0 saturated carbocycles. The Bertz CT molecular complexity index is 966. The van der Waals surface area contributed by atoms with Gasteiger partial charge in [-0.15, -0.1) is 0 Å². The lowest BCUT2D eigenvalue weighted by atomic mass is 10.1. The Kier molecular flexibility index (Phi) is 2.82. The van der Waals surface area contributed by atoms with Crippen molar-refractivity contribution in [1.82, 2.24) is 20.3 Å². The first-order chi connectivity index (χ1) is 10.8. The van der Waals surface area contributed by atoms with Crippen molar-refractivity contribution in [3.05, 3.63) is 42.5 Å². The van der Waals surface area contributed by atoms with Gasteiger partial charge in [-0.1, -0.05) is 30.3 Å². The zero-order valence-electron chi connectivity index (χ0n) is 11.6. The van der Waals surface area contributed by atoms with Gasteiger partial charge < -0.3 is 10.1 Å². The molecule has 0 fully saturated rings. The van der Waals surface area contributed by atoms with Gasteiger partial charge in [0.15, 0.2) is 5.82 Å². The van der Waals surface area contributed by atoms with Gasteiger partial charge in [0.2, 0.25) is 11.3 Å². The normalized spacial score (nSPS) is 11.0. The Morgan fingerprint density at radius 2 is 1.73 bits per heavy atom. The molecule has 0 aliphatic heterocycles. The maximum absolute atomic E-state index is 5.24. The number of aromatic nitrogens is 4. The number of methoxy groups -OCH3 is 1. The number of hydrogen-bond donors (Lipinski definition) is 1. The largest absolute Gasteiger partial charge is 0.478 e. The van der Waals surface area contributed by atoms with E-state index in [4.69, 9.17) is 4.74 Å². The smallest absolute Gasteiger partial charge is 0.259 e. The molecule has 7 nitrogen and oxygen atoms in total. The fourth-order valence-electron chi connectivity index (χ4n) is 2.25. The summed E-state index contributed by atoms with van der Waals surface area (Å²) in [5.41, 5.74) is 1.51. The summed E-state index contributed by atoms with van der Waals surface area (Å²) in [6.45, 7) is 0. The van der Waals surface area contributed by atoms with Crippen LogP contribution in [-0.4, -0.2) is 27.4 Å². The highest BCUT2D eigenvalue weighted by Gasteiger charge is 2.13. The monoisotopic (exact) mass is 293 g/mol. The molecule has 4 aromatic rings. The van der Waals surface area contributed by atoms with E-state index in [9.17, 15) is 0 Å². The van der Waals surface area contributed by atoms with Crippen LogP contribution in [0.1, 0.15) is 0 Å². The second-order valence-electron chi connectivity index (χ2n) is 4.68. The van der Waals surface area contributed by atoms with Crippen LogP contribution in [0.3, 0.4) is 0 Å². The summed E-state index contributed by atoms with van der Waals surface area (Å²) >= 11 is 0. The molecular formula is C15H11N5O2. The third-order valence-corrected chi connectivity index (χ3v) is 3.29. The summed E-state index contributed by atoms with van der Waals surface area (Å²) < 4.78 is 9.86.